The van der Waals surface area contributed by atoms with Crippen LogP contribution in [0, 0.1) is 5.92 Å². The van der Waals surface area contributed by atoms with Crippen LogP contribution >= 0.6 is 0 Å². The zero-order chi connectivity index (χ0) is 13.1. The highest BCUT2D eigenvalue weighted by molar-refractivity contribution is 6.05. The zero-order valence-electron chi connectivity index (χ0n) is 11.3. The summed E-state index contributed by atoms with van der Waals surface area (Å²) >= 11 is 0. The molecule has 0 aromatic heterocycles. The Balaban J connectivity index is 1.78. The Morgan fingerprint density at radius 1 is 1.28 bits per heavy atom. The van der Waals surface area contributed by atoms with Crippen molar-refractivity contribution in [3.05, 3.63) is 0 Å². The van der Waals surface area contributed by atoms with E-state index in [-0.39, 0.29) is 17.9 Å². The lowest BCUT2D eigenvalue weighted by Crippen LogP contribution is -2.41. The van der Waals surface area contributed by atoms with Crippen molar-refractivity contribution in [3.63, 3.8) is 0 Å². The summed E-state index contributed by atoms with van der Waals surface area (Å²) in [6.07, 6.45) is 1.52. The van der Waals surface area contributed by atoms with Gasteiger partial charge in [-0.15, -0.1) is 0 Å². The van der Waals surface area contributed by atoms with Crippen molar-refractivity contribution in [3.8, 4) is 0 Å². The van der Waals surface area contributed by atoms with Gasteiger partial charge in [0.2, 0.25) is 11.8 Å². The van der Waals surface area contributed by atoms with E-state index in [1.54, 1.807) is 0 Å². The first-order chi connectivity index (χ1) is 8.65. The number of imide groups is 1. The number of nitrogens with zero attached hydrogens (tertiary/aromatic N) is 2. The van der Waals surface area contributed by atoms with Crippen molar-refractivity contribution in [2.24, 2.45) is 5.92 Å². The summed E-state index contributed by atoms with van der Waals surface area (Å²) in [5.74, 6) is 0.526. The number of hydrogen-bond donors (Lipinski definition) is 1. The first-order valence-corrected chi connectivity index (χ1v) is 6.95. The topological polar surface area (TPSA) is 52.7 Å². The Kier molecular flexibility index (Phi) is 4.35. The number of amides is 2. The molecule has 2 unspecified atom stereocenters. The van der Waals surface area contributed by atoms with Crippen molar-refractivity contribution < 1.29 is 9.59 Å². The Hall–Kier alpha value is -0.940. The maximum Gasteiger partial charge on any atom is 0.246 e. The number of carbonyl (C=O) groups excluding carboxylic acids is 2. The average molecular weight is 253 g/mol. The summed E-state index contributed by atoms with van der Waals surface area (Å²) in [5, 5.41) is 3.27. The molecule has 0 saturated carbocycles. The van der Waals surface area contributed by atoms with Gasteiger partial charge in [0.15, 0.2) is 0 Å². The molecule has 2 heterocycles. The molecule has 2 fully saturated rings. The van der Waals surface area contributed by atoms with Crippen LogP contribution in [0.3, 0.4) is 0 Å². The van der Waals surface area contributed by atoms with Crippen molar-refractivity contribution in [1.82, 2.24) is 15.1 Å². The molecule has 2 aliphatic heterocycles. The maximum atomic E-state index is 11.9. The van der Waals surface area contributed by atoms with Gasteiger partial charge in [-0.3, -0.25) is 14.5 Å². The molecule has 2 rings (SSSR count). The molecule has 0 aromatic carbocycles. The Bertz CT molecular complexity index is 332. The largest absolute Gasteiger partial charge is 0.305 e. The highest BCUT2D eigenvalue weighted by Crippen LogP contribution is 2.17. The third-order valence-corrected chi connectivity index (χ3v) is 4.03. The SMILES string of the molecule is CCN1CCC(CNC2CC(=O)N(CC)C2=O)C1. The van der Waals surface area contributed by atoms with E-state index in [9.17, 15) is 9.59 Å². The molecular weight excluding hydrogens is 230 g/mol. The van der Waals surface area contributed by atoms with Gasteiger partial charge >= 0.3 is 0 Å². The van der Waals surface area contributed by atoms with Crippen molar-refractivity contribution >= 4 is 11.8 Å². The zero-order valence-corrected chi connectivity index (χ0v) is 11.3. The number of nitrogens with one attached hydrogen (secondary N) is 1. The number of likely N-dealkylation sites (tertiary alicyclic amines) is 2. The molecule has 2 amide bonds. The molecule has 2 saturated heterocycles. The van der Waals surface area contributed by atoms with Crippen LogP contribution in [0.4, 0.5) is 0 Å². The minimum absolute atomic E-state index is 0.0402. The highest BCUT2D eigenvalue weighted by Gasteiger charge is 2.37. The van der Waals surface area contributed by atoms with Crippen molar-refractivity contribution in [2.45, 2.75) is 32.7 Å². The van der Waals surface area contributed by atoms with Crippen LogP contribution in [0.25, 0.3) is 0 Å². The van der Waals surface area contributed by atoms with Gasteiger partial charge < -0.3 is 10.2 Å². The van der Waals surface area contributed by atoms with Gasteiger partial charge in [0, 0.05) is 13.1 Å². The third kappa shape index (κ3) is 2.72. The normalized spacial score (nSPS) is 29.6. The van der Waals surface area contributed by atoms with Gasteiger partial charge in [0.05, 0.1) is 12.5 Å². The number of hydrogen-bond acceptors (Lipinski definition) is 4. The van der Waals surface area contributed by atoms with Gasteiger partial charge in [-0.05, 0) is 38.9 Å². The minimum Gasteiger partial charge on any atom is -0.305 e. The molecule has 0 bridgehead atoms. The molecule has 1 N–H and O–H groups in total. The monoisotopic (exact) mass is 253 g/mol. The summed E-state index contributed by atoms with van der Waals surface area (Å²) in [6, 6.07) is -0.284. The second-order valence-electron chi connectivity index (χ2n) is 5.19. The molecule has 5 nitrogen and oxygen atoms in total. The lowest BCUT2D eigenvalue weighted by atomic mass is 10.1. The predicted molar refractivity (Wildman–Crippen MR) is 69.0 cm³/mol. The molecule has 0 spiro atoms. The van der Waals surface area contributed by atoms with Crippen LogP contribution in [0.2, 0.25) is 0 Å². The second kappa shape index (κ2) is 5.80. The minimum atomic E-state index is -0.284. The average Bonchev–Trinajstić information content (AvgIpc) is 2.92. The van der Waals surface area contributed by atoms with Gasteiger partial charge in [-0.1, -0.05) is 6.92 Å². The van der Waals surface area contributed by atoms with Crippen LogP contribution in [-0.4, -0.2) is 60.4 Å². The third-order valence-electron chi connectivity index (χ3n) is 4.03. The molecule has 102 valence electrons. The van der Waals surface area contributed by atoms with Gasteiger partial charge in [0.25, 0.3) is 0 Å². The summed E-state index contributed by atoms with van der Waals surface area (Å²) in [6.45, 7) is 8.71. The fourth-order valence-electron chi connectivity index (χ4n) is 2.85. The Labute approximate surface area is 108 Å². The first-order valence-electron chi connectivity index (χ1n) is 6.95. The summed E-state index contributed by atoms with van der Waals surface area (Å²) in [5.41, 5.74) is 0. The van der Waals surface area contributed by atoms with E-state index in [2.05, 4.69) is 17.1 Å². The van der Waals surface area contributed by atoms with Crippen LogP contribution in [0.15, 0.2) is 0 Å². The number of likely N-dealkylation sites (N-methyl/N-ethyl adjacent to an activating group) is 1. The van der Waals surface area contributed by atoms with E-state index < -0.39 is 0 Å². The molecule has 0 radical (unpaired) electrons. The smallest absolute Gasteiger partial charge is 0.246 e. The van der Waals surface area contributed by atoms with E-state index in [1.807, 2.05) is 6.92 Å². The van der Waals surface area contributed by atoms with Crippen LogP contribution < -0.4 is 5.32 Å². The first kappa shape index (κ1) is 13.5. The molecule has 0 aromatic rings. The fraction of sp³-hybridized carbons (Fsp3) is 0.846. The molecule has 0 aliphatic carbocycles. The van der Waals surface area contributed by atoms with Crippen LogP contribution in [-0.2, 0) is 9.59 Å². The Morgan fingerprint density at radius 2 is 2.06 bits per heavy atom. The standard InChI is InChI=1S/C13H23N3O2/c1-3-15-6-5-10(9-15)8-14-11-7-12(17)16(4-2)13(11)18/h10-11,14H,3-9H2,1-2H3. The Morgan fingerprint density at radius 3 is 2.61 bits per heavy atom. The van der Waals surface area contributed by atoms with E-state index in [1.165, 1.54) is 11.3 Å². The van der Waals surface area contributed by atoms with Crippen molar-refractivity contribution in [1.29, 1.82) is 0 Å². The second-order valence-corrected chi connectivity index (χ2v) is 5.19. The molecule has 2 atom stereocenters. The lowest BCUT2D eigenvalue weighted by Gasteiger charge is -2.16. The van der Waals surface area contributed by atoms with E-state index in [0.717, 1.165) is 26.2 Å². The van der Waals surface area contributed by atoms with Crippen LogP contribution in [0.5, 0.6) is 0 Å². The molecular formula is C13H23N3O2. The number of carbonyl (C=O) groups is 2. The number of rotatable bonds is 5. The fourth-order valence-corrected chi connectivity index (χ4v) is 2.85. The lowest BCUT2D eigenvalue weighted by molar-refractivity contribution is -0.138. The predicted octanol–water partition coefficient (Wildman–Crippen LogP) is 0.0652. The summed E-state index contributed by atoms with van der Waals surface area (Å²) in [4.78, 5) is 27.3. The quantitative estimate of drug-likeness (QED) is 0.704. The molecule has 2 aliphatic rings. The van der Waals surface area contributed by atoms with Crippen molar-refractivity contribution in [2.75, 3.05) is 32.7 Å². The summed E-state index contributed by atoms with van der Waals surface area (Å²) in [7, 11) is 0. The molecule has 5 heteroatoms. The van der Waals surface area contributed by atoms with E-state index in [0.29, 0.717) is 18.9 Å². The molecule has 18 heavy (non-hydrogen) atoms. The maximum absolute atomic E-state index is 11.9. The van der Waals surface area contributed by atoms with E-state index >= 15 is 0 Å². The summed E-state index contributed by atoms with van der Waals surface area (Å²) < 4.78 is 0. The van der Waals surface area contributed by atoms with Gasteiger partial charge in [0.1, 0.15) is 0 Å². The van der Waals surface area contributed by atoms with Gasteiger partial charge in [-0.2, -0.15) is 0 Å². The highest BCUT2D eigenvalue weighted by atomic mass is 16.2. The van der Waals surface area contributed by atoms with Gasteiger partial charge in [-0.25, -0.2) is 0 Å². The van der Waals surface area contributed by atoms with Crippen LogP contribution in [0.1, 0.15) is 26.7 Å². The van der Waals surface area contributed by atoms with E-state index in [4.69, 9.17) is 0 Å².